The molecule has 138 valence electrons. The number of ether oxygens (including phenoxy) is 1. The number of carbonyl (C=O) groups is 1. The summed E-state index contributed by atoms with van der Waals surface area (Å²) < 4.78 is 5.94. The van der Waals surface area contributed by atoms with Gasteiger partial charge in [-0.15, -0.1) is 0 Å². The van der Waals surface area contributed by atoms with E-state index in [1.54, 1.807) is 0 Å². The number of benzene rings is 1. The topological polar surface area (TPSA) is 58.6 Å². The molecule has 0 aromatic heterocycles. The van der Waals surface area contributed by atoms with Gasteiger partial charge in [-0.3, -0.25) is 4.79 Å². The molecule has 25 heavy (non-hydrogen) atoms. The Labute approximate surface area is 151 Å². The first-order valence-electron chi connectivity index (χ1n) is 9.49. The van der Waals surface area contributed by atoms with E-state index in [2.05, 4.69) is 26.1 Å². The Bertz CT molecular complexity index is 627. The molecule has 3 rings (SSSR count). The first-order valence-corrected chi connectivity index (χ1v) is 9.49. The molecule has 0 unspecified atom stereocenters. The second-order valence-corrected chi connectivity index (χ2v) is 8.86. The Kier molecular flexibility index (Phi) is 5.21. The molecule has 2 aliphatic carbocycles. The largest absolute Gasteiger partial charge is 0.491 e. The van der Waals surface area contributed by atoms with E-state index in [0.29, 0.717) is 13.0 Å². The minimum atomic E-state index is -0.574. The molecule has 0 saturated heterocycles. The van der Waals surface area contributed by atoms with Crippen LogP contribution in [0.2, 0.25) is 0 Å². The van der Waals surface area contributed by atoms with E-state index in [-0.39, 0.29) is 23.3 Å². The van der Waals surface area contributed by atoms with Crippen molar-refractivity contribution in [2.45, 2.75) is 70.9 Å². The maximum absolute atomic E-state index is 12.6. The van der Waals surface area contributed by atoms with Gasteiger partial charge in [0.25, 0.3) is 0 Å². The third-order valence-electron chi connectivity index (χ3n) is 5.48. The van der Waals surface area contributed by atoms with Gasteiger partial charge in [-0.2, -0.15) is 0 Å². The number of Topliss-reactive ketones (excluding diaryl/α,β-unsaturated/α-hetero) is 1. The number of β-amino-alcohol motifs (C(OH)–C–C–N with tert-alkyl or cyclic N) is 1. The zero-order valence-electron chi connectivity index (χ0n) is 15.7. The van der Waals surface area contributed by atoms with Crippen LogP contribution in [0.1, 0.15) is 68.8 Å². The van der Waals surface area contributed by atoms with Crippen LogP contribution >= 0.6 is 0 Å². The van der Waals surface area contributed by atoms with Crippen LogP contribution in [0, 0.1) is 5.41 Å². The first-order chi connectivity index (χ1) is 11.8. The molecule has 4 heteroatoms. The van der Waals surface area contributed by atoms with E-state index < -0.39 is 6.10 Å². The van der Waals surface area contributed by atoms with Crippen LogP contribution in [-0.4, -0.2) is 35.7 Å². The molecule has 1 spiro atoms. The van der Waals surface area contributed by atoms with Gasteiger partial charge in [0, 0.05) is 29.6 Å². The summed E-state index contributed by atoms with van der Waals surface area (Å²) in [4.78, 5) is 12.6. The number of ketones is 1. The van der Waals surface area contributed by atoms with Gasteiger partial charge in [0.05, 0.1) is 0 Å². The van der Waals surface area contributed by atoms with Crippen LogP contribution in [0.4, 0.5) is 0 Å². The van der Waals surface area contributed by atoms with Crippen molar-refractivity contribution in [3.05, 3.63) is 29.3 Å². The molecule has 0 heterocycles. The number of carbonyl (C=O) groups excluding carboxylic acids is 1. The highest BCUT2D eigenvalue weighted by Crippen LogP contribution is 2.49. The fourth-order valence-corrected chi connectivity index (χ4v) is 4.17. The maximum atomic E-state index is 12.6. The minimum absolute atomic E-state index is 0.0336. The van der Waals surface area contributed by atoms with Crippen molar-refractivity contribution in [3.8, 4) is 5.75 Å². The maximum Gasteiger partial charge on any atom is 0.163 e. The standard InChI is InChI=1S/C21H31NO3/c1-20(2,3)22-13-15(23)14-25-19-8-6-7-16-17(19)11-21(12-18(16)24)9-4-5-10-21/h6-8,15,22-23H,4-5,9-14H2,1-3H3/t15-/m0/s1. The molecule has 1 atom stereocenters. The average Bonchev–Trinajstić information content (AvgIpc) is 2.98. The minimum Gasteiger partial charge on any atom is -0.491 e. The lowest BCUT2D eigenvalue weighted by atomic mass is 9.70. The first kappa shape index (κ1) is 18.4. The second kappa shape index (κ2) is 7.08. The summed E-state index contributed by atoms with van der Waals surface area (Å²) in [6.07, 6.45) is 5.78. The lowest BCUT2D eigenvalue weighted by molar-refractivity contribution is 0.0873. The van der Waals surface area contributed by atoms with Crippen LogP contribution in [0.15, 0.2) is 18.2 Å². The molecule has 1 fully saturated rings. The Morgan fingerprint density at radius 3 is 2.64 bits per heavy atom. The van der Waals surface area contributed by atoms with Crippen molar-refractivity contribution in [2.75, 3.05) is 13.2 Å². The van der Waals surface area contributed by atoms with E-state index in [1.807, 2.05) is 18.2 Å². The van der Waals surface area contributed by atoms with Crippen molar-refractivity contribution in [3.63, 3.8) is 0 Å². The SMILES string of the molecule is CC(C)(C)NC[C@H](O)COc1cccc2c1CC1(CCCC1)CC2=O. The summed E-state index contributed by atoms with van der Waals surface area (Å²) in [6.45, 7) is 6.94. The van der Waals surface area contributed by atoms with Gasteiger partial charge in [0.1, 0.15) is 18.5 Å². The fraction of sp³-hybridized carbons (Fsp3) is 0.667. The third-order valence-corrected chi connectivity index (χ3v) is 5.48. The lowest BCUT2D eigenvalue weighted by Crippen LogP contribution is -2.42. The van der Waals surface area contributed by atoms with Gasteiger partial charge in [0.2, 0.25) is 0 Å². The molecule has 2 aliphatic rings. The van der Waals surface area contributed by atoms with Gasteiger partial charge in [-0.05, 0) is 51.5 Å². The van der Waals surface area contributed by atoms with Gasteiger partial charge in [-0.1, -0.05) is 25.0 Å². The van der Waals surface area contributed by atoms with Gasteiger partial charge < -0.3 is 15.2 Å². The van der Waals surface area contributed by atoms with Crippen molar-refractivity contribution in [2.24, 2.45) is 5.41 Å². The summed E-state index contributed by atoms with van der Waals surface area (Å²) >= 11 is 0. The number of nitrogens with one attached hydrogen (secondary N) is 1. The van der Waals surface area contributed by atoms with Crippen molar-refractivity contribution in [1.29, 1.82) is 0 Å². The van der Waals surface area contributed by atoms with E-state index in [1.165, 1.54) is 12.8 Å². The molecule has 0 bridgehead atoms. The summed E-state index contributed by atoms with van der Waals surface area (Å²) in [7, 11) is 0. The molecule has 1 aromatic rings. The smallest absolute Gasteiger partial charge is 0.163 e. The summed E-state index contributed by atoms with van der Waals surface area (Å²) in [5.41, 5.74) is 1.98. The third kappa shape index (κ3) is 4.42. The molecule has 0 amide bonds. The van der Waals surface area contributed by atoms with Crippen LogP contribution in [-0.2, 0) is 6.42 Å². The molecule has 1 saturated carbocycles. The highest BCUT2D eigenvalue weighted by atomic mass is 16.5. The molecular weight excluding hydrogens is 314 g/mol. The highest BCUT2D eigenvalue weighted by Gasteiger charge is 2.41. The van der Waals surface area contributed by atoms with Crippen molar-refractivity contribution < 1.29 is 14.6 Å². The van der Waals surface area contributed by atoms with Crippen LogP contribution in [0.25, 0.3) is 0 Å². The Balaban J connectivity index is 1.69. The molecule has 1 aromatic carbocycles. The van der Waals surface area contributed by atoms with Gasteiger partial charge >= 0.3 is 0 Å². The van der Waals surface area contributed by atoms with Crippen LogP contribution in [0.5, 0.6) is 5.75 Å². The number of fused-ring (bicyclic) bond motifs is 1. The molecular formula is C21H31NO3. The summed E-state index contributed by atoms with van der Waals surface area (Å²) in [6, 6.07) is 5.74. The quantitative estimate of drug-likeness (QED) is 0.857. The second-order valence-electron chi connectivity index (χ2n) is 8.86. The monoisotopic (exact) mass is 345 g/mol. The number of hydrogen-bond acceptors (Lipinski definition) is 4. The number of rotatable bonds is 5. The number of hydrogen-bond donors (Lipinski definition) is 2. The number of aliphatic hydroxyl groups excluding tert-OH is 1. The summed E-state index contributed by atoms with van der Waals surface area (Å²) in [5, 5.41) is 13.5. The van der Waals surface area contributed by atoms with E-state index >= 15 is 0 Å². The highest BCUT2D eigenvalue weighted by molar-refractivity contribution is 5.99. The van der Waals surface area contributed by atoms with E-state index in [9.17, 15) is 9.90 Å². The van der Waals surface area contributed by atoms with Crippen LogP contribution < -0.4 is 10.1 Å². The molecule has 0 radical (unpaired) electrons. The van der Waals surface area contributed by atoms with Crippen LogP contribution in [0.3, 0.4) is 0 Å². The molecule has 4 nitrogen and oxygen atoms in total. The average molecular weight is 345 g/mol. The Morgan fingerprint density at radius 2 is 1.96 bits per heavy atom. The van der Waals surface area contributed by atoms with Crippen molar-refractivity contribution in [1.82, 2.24) is 5.32 Å². The van der Waals surface area contributed by atoms with Gasteiger partial charge in [-0.25, -0.2) is 0 Å². The fourth-order valence-electron chi connectivity index (χ4n) is 4.17. The predicted octanol–water partition coefficient (Wildman–Crippen LogP) is 3.50. The Morgan fingerprint density at radius 1 is 1.24 bits per heavy atom. The van der Waals surface area contributed by atoms with Gasteiger partial charge in [0.15, 0.2) is 5.78 Å². The lowest BCUT2D eigenvalue weighted by Gasteiger charge is -2.34. The molecule has 2 N–H and O–H groups in total. The van der Waals surface area contributed by atoms with Crippen molar-refractivity contribution >= 4 is 5.78 Å². The van der Waals surface area contributed by atoms with E-state index in [0.717, 1.165) is 36.1 Å². The molecule has 0 aliphatic heterocycles. The van der Waals surface area contributed by atoms with E-state index in [4.69, 9.17) is 4.74 Å². The normalized spacial score (nSPS) is 20.6. The Hall–Kier alpha value is -1.39. The zero-order chi connectivity index (χ0) is 18.1. The summed E-state index contributed by atoms with van der Waals surface area (Å²) in [5.74, 6) is 1.02. The predicted molar refractivity (Wildman–Crippen MR) is 99.3 cm³/mol. The zero-order valence-corrected chi connectivity index (χ0v) is 15.7. The number of aliphatic hydroxyl groups is 1.